The smallest absolute Gasteiger partial charge is 0.306 e. The molecule has 0 heterocycles. The summed E-state index contributed by atoms with van der Waals surface area (Å²) in [6.07, 6.45) is 90.4. The summed E-state index contributed by atoms with van der Waals surface area (Å²) in [5, 5.41) is 0. The first-order valence-electron chi connectivity index (χ1n) is 32.5. The normalized spacial score (nSPS) is 14.2. The van der Waals surface area contributed by atoms with Crippen molar-refractivity contribution in [3.05, 3.63) is 146 Å². The van der Waals surface area contributed by atoms with Crippen LogP contribution in [-0.2, 0) is 32.7 Å². The van der Waals surface area contributed by atoms with E-state index in [1.54, 1.807) is 0 Å². The number of carbonyl (C=O) groups excluding carboxylic acids is 2. The second-order valence-corrected chi connectivity index (χ2v) is 23.8. The average molecular weight is 1160 g/mol. The zero-order valence-electron chi connectivity index (χ0n) is 52.9. The Morgan fingerprint density at radius 1 is 0.390 bits per heavy atom. The van der Waals surface area contributed by atoms with Crippen molar-refractivity contribution in [1.29, 1.82) is 0 Å². The monoisotopic (exact) mass is 1160 g/mol. The fourth-order valence-corrected chi connectivity index (χ4v) is 9.09. The minimum atomic E-state index is -4.66. The van der Waals surface area contributed by atoms with Crippen molar-refractivity contribution in [3.8, 4) is 0 Å². The second kappa shape index (κ2) is 61.5. The molecule has 9 nitrogen and oxygen atoms in total. The van der Waals surface area contributed by atoms with Gasteiger partial charge in [-0.15, -0.1) is 0 Å². The summed E-state index contributed by atoms with van der Waals surface area (Å²) in [6, 6.07) is 0. The van der Waals surface area contributed by atoms with E-state index in [4.69, 9.17) is 18.5 Å². The number of likely N-dealkylation sites (N-methyl/N-ethyl adjacent to an activating group) is 1. The van der Waals surface area contributed by atoms with Gasteiger partial charge < -0.3 is 27.9 Å². The molecule has 2 unspecified atom stereocenters. The fraction of sp³-hybridized carbons (Fsp3) is 0.639. The molecule has 0 aromatic rings. The van der Waals surface area contributed by atoms with E-state index in [-0.39, 0.29) is 26.1 Å². The van der Waals surface area contributed by atoms with Gasteiger partial charge in [-0.2, -0.15) is 0 Å². The number of rotatable bonds is 58. The molecule has 0 aliphatic carbocycles. The van der Waals surface area contributed by atoms with Crippen LogP contribution in [0.2, 0.25) is 0 Å². The Morgan fingerprint density at radius 3 is 1.04 bits per heavy atom. The number of phosphoric ester groups is 1. The van der Waals surface area contributed by atoms with E-state index in [2.05, 4.69) is 160 Å². The third-order valence-corrected chi connectivity index (χ3v) is 14.3. The lowest BCUT2D eigenvalue weighted by atomic mass is 10.1. The molecule has 0 fully saturated rings. The van der Waals surface area contributed by atoms with Crippen LogP contribution in [0.3, 0.4) is 0 Å². The number of nitrogens with zero attached hydrogens (tertiary/aromatic N) is 1. The lowest BCUT2D eigenvalue weighted by molar-refractivity contribution is -0.870. The summed E-state index contributed by atoms with van der Waals surface area (Å²) in [4.78, 5) is 38.0. The standard InChI is InChI=1S/C72H120NO8P/c1-6-8-10-12-14-16-18-20-22-24-26-28-30-31-32-33-34-35-36-37-38-39-40-41-43-45-47-49-51-53-55-57-59-61-63-65-72(75)81-70(69-80-82(76,77)79-67-66-73(3,4)5)68-78-71(74)64-62-60-58-56-54-52-50-48-46-44-42-29-27-25-23-21-19-17-15-13-11-9-7-2/h8,10,14,16,19-22,25-28,31-32,34-35,37-38,40-42,44-45,47,70H,6-7,9,11-13,15,17-18,23-24,29-30,33,36,39,43,46,48-69H2,1-5H3/b10-8-,16-14-,21-19-,22-20-,27-25-,28-26-,32-31-,35-34-,38-37-,41-40-,44-42-,47-45-. The number of hydrogen-bond acceptors (Lipinski definition) is 8. The molecule has 0 aliphatic rings. The Balaban J connectivity index is 4.20. The van der Waals surface area contributed by atoms with Gasteiger partial charge >= 0.3 is 11.9 Å². The minimum absolute atomic E-state index is 0.0424. The van der Waals surface area contributed by atoms with Gasteiger partial charge in [0.2, 0.25) is 0 Å². The highest BCUT2D eigenvalue weighted by Crippen LogP contribution is 2.38. The van der Waals surface area contributed by atoms with E-state index in [9.17, 15) is 19.0 Å². The summed E-state index contributed by atoms with van der Waals surface area (Å²) >= 11 is 0. The molecule has 0 aromatic heterocycles. The van der Waals surface area contributed by atoms with Crippen LogP contribution in [0.4, 0.5) is 0 Å². The Morgan fingerprint density at radius 2 is 0.695 bits per heavy atom. The van der Waals surface area contributed by atoms with Crippen LogP contribution in [0.15, 0.2) is 146 Å². The van der Waals surface area contributed by atoms with Crippen molar-refractivity contribution in [2.75, 3.05) is 47.5 Å². The summed E-state index contributed by atoms with van der Waals surface area (Å²) in [6.45, 7) is 4.08. The molecule has 466 valence electrons. The van der Waals surface area contributed by atoms with Crippen LogP contribution in [0.1, 0.15) is 245 Å². The lowest BCUT2D eigenvalue weighted by Gasteiger charge is -2.28. The van der Waals surface area contributed by atoms with Crippen molar-refractivity contribution < 1.29 is 42.1 Å². The molecule has 0 N–H and O–H groups in total. The molecular formula is C72H120NO8P. The number of ether oxygens (including phenoxy) is 2. The van der Waals surface area contributed by atoms with Gasteiger partial charge in [0.1, 0.15) is 19.8 Å². The molecule has 0 spiro atoms. The van der Waals surface area contributed by atoms with Crippen molar-refractivity contribution in [3.63, 3.8) is 0 Å². The average Bonchev–Trinajstić information content (AvgIpc) is 3.45. The first-order chi connectivity index (χ1) is 40.0. The third kappa shape index (κ3) is 65.0. The molecule has 0 saturated carbocycles. The van der Waals surface area contributed by atoms with E-state index >= 15 is 0 Å². The van der Waals surface area contributed by atoms with Gasteiger partial charge in [-0.1, -0.05) is 256 Å². The van der Waals surface area contributed by atoms with Gasteiger partial charge in [0.25, 0.3) is 7.82 Å². The number of esters is 2. The van der Waals surface area contributed by atoms with E-state index < -0.39 is 32.5 Å². The van der Waals surface area contributed by atoms with Crippen LogP contribution in [-0.4, -0.2) is 70.0 Å². The highest BCUT2D eigenvalue weighted by molar-refractivity contribution is 7.45. The van der Waals surface area contributed by atoms with Gasteiger partial charge in [0, 0.05) is 12.8 Å². The second-order valence-electron chi connectivity index (χ2n) is 22.4. The Labute approximate surface area is 503 Å². The quantitative estimate of drug-likeness (QED) is 0.0195. The number of phosphoric acid groups is 1. The van der Waals surface area contributed by atoms with Gasteiger partial charge in [0.15, 0.2) is 6.10 Å². The maximum absolute atomic E-state index is 12.8. The molecule has 0 rings (SSSR count). The van der Waals surface area contributed by atoms with E-state index in [0.717, 1.165) is 128 Å². The van der Waals surface area contributed by atoms with Crippen molar-refractivity contribution in [1.82, 2.24) is 0 Å². The molecule has 0 aliphatic heterocycles. The Hall–Kier alpha value is -4.11. The zero-order chi connectivity index (χ0) is 59.8. The topological polar surface area (TPSA) is 111 Å². The van der Waals surface area contributed by atoms with Gasteiger partial charge in [-0.3, -0.25) is 14.2 Å². The minimum Gasteiger partial charge on any atom is -0.756 e. The summed E-state index contributed by atoms with van der Waals surface area (Å²) < 4.78 is 34.2. The van der Waals surface area contributed by atoms with Gasteiger partial charge in [-0.05, 0) is 122 Å². The zero-order valence-corrected chi connectivity index (χ0v) is 53.8. The number of allylic oxidation sites excluding steroid dienone is 24. The first kappa shape index (κ1) is 77.9. The predicted octanol–water partition coefficient (Wildman–Crippen LogP) is 20.4. The fourth-order valence-electron chi connectivity index (χ4n) is 8.36. The molecular weight excluding hydrogens is 1040 g/mol. The van der Waals surface area contributed by atoms with E-state index in [1.165, 1.54) is 77.0 Å². The number of carbonyl (C=O) groups is 2. The number of unbranched alkanes of at least 4 members (excludes halogenated alkanes) is 20. The SMILES string of the molecule is CC/C=C\C/C=C\C/C=C\C/C=C\C/C=C\C/C=C\C/C=C\C/C=C\C/C=C\CCCCCCCCCC(=O)OC(COC(=O)CCCCCCCCCC/C=C\C/C=C\C/C=C\CCCCCCC)COP(=O)([O-])OCC[N+](C)(C)C. The maximum Gasteiger partial charge on any atom is 0.306 e. The van der Waals surface area contributed by atoms with Crippen LogP contribution in [0, 0.1) is 0 Å². The Kier molecular flexibility index (Phi) is 58.4. The molecule has 0 radical (unpaired) electrons. The van der Waals surface area contributed by atoms with Crippen molar-refractivity contribution in [2.24, 2.45) is 0 Å². The van der Waals surface area contributed by atoms with Crippen LogP contribution in [0.5, 0.6) is 0 Å². The van der Waals surface area contributed by atoms with Crippen molar-refractivity contribution in [2.45, 2.75) is 251 Å². The molecule has 0 amide bonds. The van der Waals surface area contributed by atoms with Crippen LogP contribution in [0.25, 0.3) is 0 Å². The number of hydrogen-bond donors (Lipinski definition) is 0. The summed E-state index contributed by atoms with van der Waals surface area (Å²) in [5.74, 6) is -0.862. The van der Waals surface area contributed by atoms with Gasteiger partial charge in [0.05, 0.1) is 27.7 Å². The highest BCUT2D eigenvalue weighted by Gasteiger charge is 2.22. The van der Waals surface area contributed by atoms with Crippen LogP contribution >= 0.6 is 7.82 Å². The molecule has 82 heavy (non-hydrogen) atoms. The van der Waals surface area contributed by atoms with Crippen molar-refractivity contribution >= 4 is 19.8 Å². The highest BCUT2D eigenvalue weighted by atomic mass is 31.2. The third-order valence-electron chi connectivity index (χ3n) is 13.3. The van der Waals surface area contributed by atoms with E-state index in [1.807, 2.05) is 21.1 Å². The number of quaternary nitrogens is 1. The first-order valence-corrected chi connectivity index (χ1v) is 34.0. The summed E-state index contributed by atoms with van der Waals surface area (Å²) in [5.41, 5.74) is 0. The van der Waals surface area contributed by atoms with E-state index in [0.29, 0.717) is 23.9 Å². The molecule has 0 aromatic carbocycles. The molecule has 0 bridgehead atoms. The molecule has 2 atom stereocenters. The molecule has 0 saturated heterocycles. The maximum atomic E-state index is 12.8. The van der Waals surface area contributed by atoms with Crippen LogP contribution < -0.4 is 4.89 Å². The van der Waals surface area contributed by atoms with Gasteiger partial charge in [-0.25, -0.2) is 0 Å². The molecule has 10 heteroatoms. The summed E-state index contributed by atoms with van der Waals surface area (Å²) in [7, 11) is 1.13. The Bertz CT molecular complexity index is 1890. The predicted molar refractivity (Wildman–Crippen MR) is 350 cm³/mol. The lowest BCUT2D eigenvalue weighted by Crippen LogP contribution is -2.37. The largest absolute Gasteiger partial charge is 0.756 e.